The van der Waals surface area contributed by atoms with E-state index in [9.17, 15) is 0 Å². The van der Waals surface area contributed by atoms with Gasteiger partial charge in [0.25, 0.3) is 0 Å². The molecule has 6 heteroatoms. The van der Waals surface area contributed by atoms with E-state index in [0.29, 0.717) is 5.69 Å². The quantitative estimate of drug-likeness (QED) is 0.787. The van der Waals surface area contributed by atoms with Gasteiger partial charge in [-0.1, -0.05) is 6.07 Å². The van der Waals surface area contributed by atoms with E-state index in [0.717, 1.165) is 41.2 Å². The molecular weight excluding hydrogens is 288 g/mol. The van der Waals surface area contributed by atoms with Crippen LogP contribution in [0.5, 0.6) is 0 Å². The fourth-order valence-electron chi connectivity index (χ4n) is 3.03. The van der Waals surface area contributed by atoms with Gasteiger partial charge in [0.1, 0.15) is 23.3 Å². The second kappa shape index (κ2) is 5.69. The molecule has 0 aliphatic carbocycles. The van der Waals surface area contributed by atoms with Crippen molar-refractivity contribution in [2.24, 2.45) is 0 Å². The molecule has 0 saturated carbocycles. The van der Waals surface area contributed by atoms with Gasteiger partial charge in [-0.2, -0.15) is 10.4 Å². The summed E-state index contributed by atoms with van der Waals surface area (Å²) in [6.45, 7) is 2.11. The molecule has 3 aromatic heterocycles. The van der Waals surface area contributed by atoms with Crippen molar-refractivity contribution < 1.29 is 0 Å². The van der Waals surface area contributed by atoms with Crippen LogP contribution in [-0.4, -0.2) is 33.3 Å². The average molecular weight is 304 g/mol. The summed E-state index contributed by atoms with van der Waals surface area (Å²) < 4.78 is 0. The lowest BCUT2D eigenvalue weighted by Crippen LogP contribution is -2.30. The van der Waals surface area contributed by atoms with Crippen LogP contribution >= 0.6 is 0 Å². The number of rotatable bonds is 2. The van der Waals surface area contributed by atoms with Crippen LogP contribution in [0.15, 0.2) is 30.5 Å². The van der Waals surface area contributed by atoms with Gasteiger partial charge in [-0.15, -0.1) is 0 Å². The topological polar surface area (TPSA) is 81.5 Å². The van der Waals surface area contributed by atoms with Gasteiger partial charge >= 0.3 is 0 Å². The highest BCUT2D eigenvalue weighted by Crippen LogP contribution is 2.27. The van der Waals surface area contributed by atoms with Crippen LogP contribution in [0.1, 0.15) is 25.0 Å². The molecule has 6 nitrogen and oxygen atoms in total. The molecule has 0 amide bonds. The number of aromatic nitrogens is 4. The smallest absolute Gasteiger partial charge is 0.141 e. The molecule has 1 N–H and O–H groups in total. The molecule has 3 aromatic rings. The molecule has 0 spiro atoms. The number of H-pyrrole nitrogens is 1. The van der Waals surface area contributed by atoms with Crippen LogP contribution < -0.4 is 4.90 Å². The third kappa shape index (κ3) is 2.50. The van der Waals surface area contributed by atoms with Crippen molar-refractivity contribution in [1.29, 1.82) is 5.26 Å². The molecule has 0 atom stereocenters. The lowest BCUT2D eigenvalue weighted by Gasteiger charge is -2.27. The van der Waals surface area contributed by atoms with Gasteiger partial charge in [0, 0.05) is 18.5 Å². The molecule has 0 unspecified atom stereocenters. The Labute approximate surface area is 133 Å². The number of nitrogens with zero attached hydrogens (tertiary/aromatic N) is 5. The normalized spacial score (nSPS) is 14.8. The number of nitrogens with one attached hydrogen (secondary N) is 1. The summed E-state index contributed by atoms with van der Waals surface area (Å²) in [4.78, 5) is 11.2. The Morgan fingerprint density at radius 1 is 1.17 bits per heavy atom. The van der Waals surface area contributed by atoms with Crippen molar-refractivity contribution in [3.05, 3.63) is 36.2 Å². The van der Waals surface area contributed by atoms with E-state index >= 15 is 0 Å². The minimum absolute atomic E-state index is 0.382. The summed E-state index contributed by atoms with van der Waals surface area (Å²) in [5.41, 5.74) is 2.77. The molecule has 0 radical (unpaired) electrons. The SMILES string of the molecule is N#Cc1cc2c(-c3cccc(N4CCCCC4)n3)n[nH]c2cn1. The molecule has 1 fully saturated rings. The molecule has 1 aliphatic heterocycles. The third-order valence-electron chi connectivity index (χ3n) is 4.22. The molecule has 23 heavy (non-hydrogen) atoms. The summed E-state index contributed by atoms with van der Waals surface area (Å²) >= 11 is 0. The monoisotopic (exact) mass is 304 g/mol. The van der Waals surface area contributed by atoms with Crippen molar-refractivity contribution in [2.75, 3.05) is 18.0 Å². The van der Waals surface area contributed by atoms with Crippen LogP contribution in [-0.2, 0) is 0 Å². The highest BCUT2D eigenvalue weighted by Gasteiger charge is 2.15. The lowest BCUT2D eigenvalue weighted by atomic mass is 10.1. The zero-order valence-corrected chi connectivity index (χ0v) is 12.7. The molecule has 0 bridgehead atoms. The maximum atomic E-state index is 9.04. The molecule has 1 aliphatic rings. The van der Waals surface area contributed by atoms with E-state index in [1.54, 1.807) is 12.3 Å². The molecule has 114 valence electrons. The Bertz CT molecular complexity index is 885. The van der Waals surface area contributed by atoms with Gasteiger partial charge in [0.05, 0.1) is 17.4 Å². The van der Waals surface area contributed by atoms with Crippen LogP contribution in [0.3, 0.4) is 0 Å². The Balaban J connectivity index is 1.77. The van der Waals surface area contributed by atoms with E-state index in [-0.39, 0.29) is 0 Å². The molecule has 1 saturated heterocycles. The van der Waals surface area contributed by atoms with E-state index < -0.39 is 0 Å². The fraction of sp³-hybridized carbons (Fsp3) is 0.294. The average Bonchev–Trinajstić information content (AvgIpc) is 3.05. The van der Waals surface area contributed by atoms with Crippen molar-refractivity contribution in [3.63, 3.8) is 0 Å². The van der Waals surface area contributed by atoms with Gasteiger partial charge < -0.3 is 4.90 Å². The largest absolute Gasteiger partial charge is 0.357 e. The van der Waals surface area contributed by atoms with Crippen LogP contribution in [0, 0.1) is 11.3 Å². The summed E-state index contributed by atoms with van der Waals surface area (Å²) in [6.07, 6.45) is 5.37. The zero-order valence-electron chi connectivity index (χ0n) is 12.7. The first-order chi connectivity index (χ1) is 11.3. The number of hydrogen-bond donors (Lipinski definition) is 1. The minimum atomic E-state index is 0.382. The minimum Gasteiger partial charge on any atom is -0.357 e. The molecule has 0 aromatic carbocycles. The highest BCUT2D eigenvalue weighted by atomic mass is 15.2. The Hall–Kier alpha value is -2.94. The Morgan fingerprint density at radius 3 is 2.87 bits per heavy atom. The first-order valence-corrected chi connectivity index (χ1v) is 7.82. The summed E-state index contributed by atoms with van der Waals surface area (Å²) in [5, 5.41) is 17.3. The van der Waals surface area contributed by atoms with Gasteiger partial charge in [0.15, 0.2) is 0 Å². The summed E-state index contributed by atoms with van der Waals surface area (Å²) in [5.74, 6) is 0.993. The van der Waals surface area contributed by atoms with Crippen molar-refractivity contribution >= 4 is 16.7 Å². The third-order valence-corrected chi connectivity index (χ3v) is 4.22. The first-order valence-electron chi connectivity index (χ1n) is 7.82. The maximum absolute atomic E-state index is 9.04. The standard InChI is InChI=1S/C17H16N6/c18-10-12-9-13-15(11-19-12)21-22-17(13)14-5-4-6-16(20-14)23-7-2-1-3-8-23/h4-6,9,11H,1-3,7-8H2,(H,21,22). The Kier molecular flexibility index (Phi) is 3.39. The fourth-order valence-corrected chi connectivity index (χ4v) is 3.03. The highest BCUT2D eigenvalue weighted by molar-refractivity contribution is 5.92. The lowest BCUT2D eigenvalue weighted by molar-refractivity contribution is 0.573. The maximum Gasteiger partial charge on any atom is 0.141 e. The van der Waals surface area contributed by atoms with E-state index in [1.807, 2.05) is 18.2 Å². The number of pyridine rings is 2. The predicted octanol–water partition coefficient (Wildman–Crippen LogP) is 2.88. The van der Waals surface area contributed by atoms with Crippen molar-refractivity contribution in [2.45, 2.75) is 19.3 Å². The van der Waals surface area contributed by atoms with E-state index in [1.165, 1.54) is 19.3 Å². The zero-order chi connectivity index (χ0) is 15.6. The molecular formula is C17H16N6. The second-order valence-corrected chi connectivity index (χ2v) is 5.73. The number of nitriles is 1. The number of fused-ring (bicyclic) bond motifs is 1. The second-order valence-electron chi connectivity index (χ2n) is 5.73. The summed E-state index contributed by atoms with van der Waals surface area (Å²) in [6, 6.07) is 9.84. The number of piperidine rings is 1. The van der Waals surface area contributed by atoms with Crippen molar-refractivity contribution in [3.8, 4) is 17.5 Å². The number of aromatic amines is 1. The number of anilines is 1. The molecule has 4 heterocycles. The van der Waals surface area contributed by atoms with Gasteiger partial charge in [-0.05, 0) is 37.5 Å². The predicted molar refractivity (Wildman–Crippen MR) is 87.9 cm³/mol. The Morgan fingerprint density at radius 2 is 2.04 bits per heavy atom. The van der Waals surface area contributed by atoms with E-state index in [2.05, 4.69) is 26.2 Å². The van der Waals surface area contributed by atoms with Crippen LogP contribution in [0.4, 0.5) is 5.82 Å². The van der Waals surface area contributed by atoms with Crippen molar-refractivity contribution in [1.82, 2.24) is 20.2 Å². The first kappa shape index (κ1) is 13.7. The van der Waals surface area contributed by atoms with Gasteiger partial charge in [-0.3, -0.25) is 5.10 Å². The van der Waals surface area contributed by atoms with E-state index in [4.69, 9.17) is 10.2 Å². The number of hydrogen-bond acceptors (Lipinski definition) is 5. The van der Waals surface area contributed by atoms with Crippen LogP contribution in [0.2, 0.25) is 0 Å². The molecule has 4 rings (SSSR count). The summed E-state index contributed by atoms with van der Waals surface area (Å²) in [7, 11) is 0. The van der Waals surface area contributed by atoms with Crippen LogP contribution in [0.25, 0.3) is 22.3 Å². The van der Waals surface area contributed by atoms with Gasteiger partial charge in [-0.25, -0.2) is 9.97 Å². The van der Waals surface area contributed by atoms with Gasteiger partial charge in [0.2, 0.25) is 0 Å².